The van der Waals surface area contributed by atoms with Gasteiger partial charge in [-0.1, -0.05) is 41.6 Å². The van der Waals surface area contributed by atoms with Gasteiger partial charge in [-0.2, -0.15) is 9.29 Å². The summed E-state index contributed by atoms with van der Waals surface area (Å²) in [4.78, 5) is 16.8. The zero-order valence-corrected chi connectivity index (χ0v) is 17.1. The van der Waals surface area contributed by atoms with Crippen LogP contribution in [0.25, 0.3) is 11.4 Å². The van der Waals surface area contributed by atoms with Crippen molar-refractivity contribution in [3.63, 3.8) is 0 Å². The fraction of sp³-hybridized carbons (Fsp3) is 0.286. The summed E-state index contributed by atoms with van der Waals surface area (Å²) in [5, 5.41) is 6.68. The number of hydrogen-bond donors (Lipinski definition) is 1. The highest BCUT2D eigenvalue weighted by molar-refractivity contribution is 7.89. The van der Waals surface area contributed by atoms with Gasteiger partial charge in [-0.3, -0.25) is 4.79 Å². The highest BCUT2D eigenvalue weighted by Gasteiger charge is 2.27. The molecule has 1 aliphatic heterocycles. The summed E-state index contributed by atoms with van der Waals surface area (Å²) in [6.45, 7) is 1.07. The zero-order chi connectivity index (χ0) is 21.0. The predicted octanol–water partition coefficient (Wildman–Crippen LogP) is 3.09. The van der Waals surface area contributed by atoms with Gasteiger partial charge in [0, 0.05) is 37.2 Å². The maximum Gasteiger partial charge on any atom is 0.243 e. The number of aryl methyl sites for hydroxylation is 1. The van der Waals surface area contributed by atoms with Crippen LogP contribution in [0.15, 0.2) is 64.0 Å². The van der Waals surface area contributed by atoms with Crippen LogP contribution in [0.1, 0.15) is 25.2 Å². The number of sulfonamides is 1. The van der Waals surface area contributed by atoms with Crippen molar-refractivity contribution >= 4 is 21.6 Å². The SMILES string of the molecule is O=C(CCc1nc(-c2ccccc2)no1)Nc1cccc(S(=O)(=O)N2CCCC2)c1. The number of hydrogen-bond acceptors (Lipinski definition) is 6. The number of carbonyl (C=O) groups is 1. The van der Waals surface area contributed by atoms with E-state index in [-0.39, 0.29) is 23.6 Å². The van der Waals surface area contributed by atoms with Crippen molar-refractivity contribution in [2.75, 3.05) is 18.4 Å². The van der Waals surface area contributed by atoms with E-state index < -0.39 is 10.0 Å². The third-order valence-corrected chi connectivity index (χ3v) is 6.78. The van der Waals surface area contributed by atoms with Gasteiger partial charge in [0.1, 0.15) is 0 Å². The Morgan fingerprint density at radius 3 is 2.60 bits per heavy atom. The van der Waals surface area contributed by atoms with Crippen molar-refractivity contribution in [3.8, 4) is 11.4 Å². The van der Waals surface area contributed by atoms with Crippen LogP contribution in [0.4, 0.5) is 5.69 Å². The van der Waals surface area contributed by atoms with E-state index in [9.17, 15) is 13.2 Å². The largest absolute Gasteiger partial charge is 0.339 e. The molecule has 0 radical (unpaired) electrons. The van der Waals surface area contributed by atoms with Crippen molar-refractivity contribution in [2.24, 2.45) is 0 Å². The monoisotopic (exact) mass is 426 g/mol. The molecule has 2 aromatic carbocycles. The summed E-state index contributed by atoms with van der Waals surface area (Å²) in [6.07, 6.45) is 2.17. The molecule has 1 N–H and O–H groups in total. The Hall–Kier alpha value is -3.04. The zero-order valence-electron chi connectivity index (χ0n) is 16.3. The smallest absolute Gasteiger partial charge is 0.243 e. The lowest BCUT2D eigenvalue weighted by atomic mass is 10.2. The van der Waals surface area contributed by atoms with Crippen LogP contribution in [-0.2, 0) is 21.2 Å². The third kappa shape index (κ3) is 4.58. The van der Waals surface area contributed by atoms with Crippen LogP contribution in [0, 0.1) is 0 Å². The fourth-order valence-corrected chi connectivity index (χ4v) is 4.88. The van der Waals surface area contributed by atoms with Crippen molar-refractivity contribution in [1.82, 2.24) is 14.4 Å². The molecule has 0 aliphatic carbocycles. The van der Waals surface area contributed by atoms with Crippen LogP contribution in [0.3, 0.4) is 0 Å². The van der Waals surface area contributed by atoms with Crippen LogP contribution >= 0.6 is 0 Å². The average Bonchev–Trinajstić information content (AvgIpc) is 3.46. The Labute approximate surface area is 175 Å². The summed E-state index contributed by atoms with van der Waals surface area (Å²) >= 11 is 0. The second-order valence-electron chi connectivity index (χ2n) is 7.06. The van der Waals surface area contributed by atoms with Gasteiger partial charge in [0.25, 0.3) is 0 Å². The molecule has 1 amide bonds. The first kappa shape index (κ1) is 20.2. The highest BCUT2D eigenvalue weighted by Crippen LogP contribution is 2.23. The minimum atomic E-state index is -3.53. The molecule has 30 heavy (non-hydrogen) atoms. The Bertz CT molecular complexity index is 1120. The molecule has 1 aliphatic rings. The van der Waals surface area contributed by atoms with E-state index in [1.54, 1.807) is 18.2 Å². The quantitative estimate of drug-likeness (QED) is 0.622. The minimum absolute atomic E-state index is 0.138. The molecule has 4 rings (SSSR count). The molecular formula is C21H22N4O4S. The van der Waals surface area contributed by atoms with Gasteiger partial charge >= 0.3 is 0 Å². The van der Waals surface area contributed by atoms with Crippen molar-refractivity contribution < 1.29 is 17.7 Å². The molecule has 1 fully saturated rings. The van der Waals surface area contributed by atoms with Gasteiger partial charge in [-0.05, 0) is 31.0 Å². The van der Waals surface area contributed by atoms with E-state index in [1.165, 1.54) is 10.4 Å². The fourth-order valence-electron chi connectivity index (χ4n) is 3.32. The van der Waals surface area contributed by atoms with E-state index in [4.69, 9.17) is 4.52 Å². The van der Waals surface area contributed by atoms with E-state index in [1.807, 2.05) is 30.3 Å². The Kier molecular flexibility index (Phi) is 5.91. The van der Waals surface area contributed by atoms with Gasteiger partial charge < -0.3 is 9.84 Å². The van der Waals surface area contributed by atoms with Crippen molar-refractivity contribution in [3.05, 3.63) is 60.5 Å². The van der Waals surface area contributed by atoms with Gasteiger partial charge in [0.15, 0.2) is 0 Å². The second kappa shape index (κ2) is 8.76. The minimum Gasteiger partial charge on any atom is -0.339 e. The molecule has 2 heterocycles. The Morgan fingerprint density at radius 1 is 1.07 bits per heavy atom. The number of benzene rings is 2. The van der Waals surface area contributed by atoms with Gasteiger partial charge in [-0.25, -0.2) is 8.42 Å². The summed E-state index contributed by atoms with van der Waals surface area (Å²) in [7, 11) is -3.53. The number of nitrogens with one attached hydrogen (secondary N) is 1. The first-order valence-electron chi connectivity index (χ1n) is 9.80. The molecular weight excluding hydrogens is 404 g/mol. The average molecular weight is 426 g/mol. The molecule has 8 nitrogen and oxygen atoms in total. The maximum atomic E-state index is 12.7. The molecule has 0 bridgehead atoms. The van der Waals surface area contributed by atoms with E-state index in [0.717, 1.165) is 18.4 Å². The molecule has 156 valence electrons. The van der Waals surface area contributed by atoms with Gasteiger partial charge in [-0.15, -0.1) is 0 Å². The molecule has 0 saturated carbocycles. The summed E-state index contributed by atoms with van der Waals surface area (Å²) in [5.41, 5.74) is 1.28. The molecule has 9 heteroatoms. The van der Waals surface area contributed by atoms with Crippen molar-refractivity contribution in [1.29, 1.82) is 0 Å². The Morgan fingerprint density at radius 2 is 1.83 bits per heavy atom. The van der Waals surface area contributed by atoms with E-state index >= 15 is 0 Å². The number of aromatic nitrogens is 2. The second-order valence-corrected chi connectivity index (χ2v) is 9.00. The molecule has 0 unspecified atom stereocenters. The van der Waals surface area contributed by atoms with Gasteiger partial charge in [0.2, 0.25) is 27.6 Å². The standard InChI is InChI=1S/C21H22N4O4S/c26-19(11-12-20-23-21(24-29-20)16-7-2-1-3-8-16)22-17-9-6-10-18(15-17)30(27,28)25-13-4-5-14-25/h1-3,6-10,15H,4-5,11-14H2,(H,22,26). The normalized spacial score (nSPS) is 14.7. The van der Waals surface area contributed by atoms with Crippen LogP contribution in [0.2, 0.25) is 0 Å². The van der Waals surface area contributed by atoms with Crippen LogP contribution < -0.4 is 5.32 Å². The third-order valence-electron chi connectivity index (χ3n) is 4.89. The number of anilines is 1. The van der Waals surface area contributed by atoms with Crippen LogP contribution in [-0.4, -0.2) is 41.9 Å². The highest BCUT2D eigenvalue weighted by atomic mass is 32.2. The van der Waals surface area contributed by atoms with E-state index in [0.29, 0.717) is 30.5 Å². The van der Waals surface area contributed by atoms with Crippen molar-refractivity contribution in [2.45, 2.75) is 30.6 Å². The number of carbonyl (C=O) groups excluding carboxylic acids is 1. The Balaban J connectivity index is 1.36. The van der Waals surface area contributed by atoms with Crippen LogP contribution in [0.5, 0.6) is 0 Å². The van der Waals surface area contributed by atoms with Gasteiger partial charge in [0.05, 0.1) is 4.90 Å². The number of amides is 1. The summed E-state index contributed by atoms with van der Waals surface area (Å²) < 4.78 is 32.1. The molecule has 1 saturated heterocycles. The number of rotatable bonds is 7. The first-order valence-corrected chi connectivity index (χ1v) is 11.2. The molecule has 0 atom stereocenters. The summed E-state index contributed by atoms with van der Waals surface area (Å²) in [6, 6.07) is 15.8. The first-order chi connectivity index (χ1) is 14.5. The lowest BCUT2D eigenvalue weighted by Gasteiger charge is -2.16. The predicted molar refractivity (Wildman–Crippen MR) is 111 cm³/mol. The molecule has 3 aromatic rings. The van der Waals surface area contributed by atoms with E-state index in [2.05, 4.69) is 15.5 Å². The number of nitrogens with zero attached hydrogens (tertiary/aromatic N) is 3. The molecule has 0 spiro atoms. The lowest BCUT2D eigenvalue weighted by molar-refractivity contribution is -0.116. The maximum absolute atomic E-state index is 12.7. The summed E-state index contributed by atoms with van der Waals surface area (Å²) in [5.74, 6) is 0.588. The lowest BCUT2D eigenvalue weighted by Crippen LogP contribution is -2.27. The topological polar surface area (TPSA) is 105 Å². The molecule has 1 aromatic heterocycles.